The Hall–Kier alpha value is -3.84. The van der Waals surface area contributed by atoms with Gasteiger partial charge in [0.2, 0.25) is 5.91 Å². The Morgan fingerprint density at radius 2 is 1.74 bits per heavy atom. The van der Waals surface area contributed by atoms with Gasteiger partial charge in [-0.3, -0.25) is 29.1 Å². The van der Waals surface area contributed by atoms with Crippen molar-refractivity contribution in [3.8, 4) is 0 Å². The maximum Gasteiger partial charge on any atom is 0.622 e. The molecular formula is C26H33BN6O6. The SMILES string of the molecule is CC(C)CC(NC(=O)C(Cc1ccccc1)NC(=O)c1cnccn1)B1OC(=O)[C@H]2CNC[C@H](C(=O)O1)N2C. The first-order valence-corrected chi connectivity index (χ1v) is 13.0. The molecule has 1 aromatic heterocycles. The zero-order chi connectivity index (χ0) is 27.9. The minimum atomic E-state index is -1.32. The summed E-state index contributed by atoms with van der Waals surface area (Å²) in [4.78, 5) is 62.1. The number of rotatable bonds is 9. The molecule has 2 fully saturated rings. The average molecular weight is 536 g/mol. The normalized spacial score (nSPS) is 21.2. The van der Waals surface area contributed by atoms with Crippen molar-refractivity contribution in [3.63, 3.8) is 0 Å². The lowest BCUT2D eigenvalue weighted by Crippen LogP contribution is -2.66. The van der Waals surface area contributed by atoms with Gasteiger partial charge in [0.15, 0.2) is 0 Å². The third kappa shape index (κ3) is 7.18. The van der Waals surface area contributed by atoms with Gasteiger partial charge in [0, 0.05) is 31.9 Å². The maximum absolute atomic E-state index is 13.7. The molecule has 2 bridgehead atoms. The van der Waals surface area contributed by atoms with Crippen LogP contribution in [0.15, 0.2) is 48.9 Å². The van der Waals surface area contributed by atoms with Gasteiger partial charge in [-0.2, -0.15) is 0 Å². The van der Waals surface area contributed by atoms with Gasteiger partial charge in [0.25, 0.3) is 5.91 Å². The molecule has 13 heteroatoms. The van der Waals surface area contributed by atoms with E-state index < -0.39 is 54.9 Å². The summed E-state index contributed by atoms with van der Waals surface area (Å²) in [6.07, 6.45) is 4.69. The lowest BCUT2D eigenvalue weighted by Gasteiger charge is -2.40. The molecule has 2 saturated heterocycles. The van der Waals surface area contributed by atoms with Gasteiger partial charge in [0.05, 0.1) is 12.1 Å². The van der Waals surface area contributed by atoms with Gasteiger partial charge in [-0.25, -0.2) is 4.98 Å². The standard InChI is InChI=1S/C26H33BN6O6/c1-16(2)11-22(27-38-25(36)20-14-29-15-21(33(20)3)26(37)39-27)32-23(34)18(12-17-7-5-4-6-8-17)31-24(35)19-13-28-9-10-30-19/h4-10,13,16,18,20-22,29H,11-12,14-15H2,1-3H3,(H,31,35)(H,32,34)/t18?,20-,21-,22?/m1/s1. The molecule has 3 heterocycles. The summed E-state index contributed by atoms with van der Waals surface area (Å²) < 4.78 is 11.3. The molecule has 3 N–H and O–H groups in total. The van der Waals surface area contributed by atoms with Crippen LogP contribution in [0.3, 0.4) is 0 Å². The first kappa shape index (κ1) is 28.2. The third-order valence-electron chi connectivity index (χ3n) is 6.75. The van der Waals surface area contributed by atoms with E-state index in [1.54, 1.807) is 11.9 Å². The zero-order valence-electron chi connectivity index (χ0n) is 22.2. The molecule has 0 spiro atoms. The number of carbonyl (C=O) groups is 4. The number of hydrogen-bond acceptors (Lipinski definition) is 10. The van der Waals surface area contributed by atoms with Gasteiger partial charge >= 0.3 is 19.1 Å². The highest BCUT2D eigenvalue weighted by Crippen LogP contribution is 2.19. The van der Waals surface area contributed by atoms with E-state index in [2.05, 4.69) is 25.9 Å². The lowest BCUT2D eigenvalue weighted by atomic mass is 9.73. The van der Waals surface area contributed by atoms with E-state index >= 15 is 0 Å². The highest BCUT2D eigenvalue weighted by Gasteiger charge is 2.48. The second kappa shape index (κ2) is 12.8. The van der Waals surface area contributed by atoms with E-state index in [9.17, 15) is 19.2 Å². The van der Waals surface area contributed by atoms with Crippen LogP contribution < -0.4 is 16.0 Å². The van der Waals surface area contributed by atoms with Crippen LogP contribution in [0.2, 0.25) is 0 Å². The second-order valence-corrected chi connectivity index (χ2v) is 10.1. The van der Waals surface area contributed by atoms with E-state index in [1.807, 2.05) is 44.2 Å². The van der Waals surface area contributed by atoms with E-state index in [-0.39, 0.29) is 18.0 Å². The van der Waals surface area contributed by atoms with Gasteiger partial charge in [-0.15, -0.1) is 0 Å². The van der Waals surface area contributed by atoms with Gasteiger partial charge in [0.1, 0.15) is 23.8 Å². The minimum Gasteiger partial charge on any atom is -0.497 e. The van der Waals surface area contributed by atoms with E-state index in [0.717, 1.165) is 5.56 Å². The van der Waals surface area contributed by atoms with Crippen LogP contribution in [-0.4, -0.2) is 89.9 Å². The smallest absolute Gasteiger partial charge is 0.497 e. The summed E-state index contributed by atoms with van der Waals surface area (Å²) in [5.41, 5.74) is 0.888. The fourth-order valence-corrected chi connectivity index (χ4v) is 4.67. The summed E-state index contributed by atoms with van der Waals surface area (Å²) in [5.74, 6) is -2.96. The van der Waals surface area contributed by atoms with Crippen molar-refractivity contribution >= 4 is 30.9 Å². The monoisotopic (exact) mass is 536 g/mol. The molecular weight excluding hydrogens is 503 g/mol. The number of nitrogens with one attached hydrogen (secondary N) is 3. The fraction of sp³-hybridized carbons (Fsp3) is 0.462. The molecule has 0 aliphatic carbocycles. The Bertz CT molecular complexity index is 1140. The van der Waals surface area contributed by atoms with Crippen LogP contribution in [0.1, 0.15) is 36.3 Å². The van der Waals surface area contributed by atoms with Gasteiger partial charge in [-0.1, -0.05) is 44.2 Å². The van der Waals surface area contributed by atoms with Crippen molar-refractivity contribution in [3.05, 3.63) is 60.2 Å². The molecule has 206 valence electrons. The molecule has 0 radical (unpaired) electrons. The van der Waals surface area contributed by atoms with E-state index in [1.165, 1.54) is 18.6 Å². The molecule has 1 aromatic carbocycles. The average Bonchev–Trinajstić information content (AvgIpc) is 2.92. The quantitative estimate of drug-likeness (QED) is 0.366. The van der Waals surface area contributed by atoms with E-state index in [4.69, 9.17) is 9.31 Å². The van der Waals surface area contributed by atoms with Crippen molar-refractivity contribution in [2.75, 3.05) is 20.1 Å². The summed E-state index contributed by atoms with van der Waals surface area (Å²) in [5, 5.41) is 8.69. The molecule has 2 unspecified atom stereocenters. The molecule has 4 rings (SSSR count). The number of likely N-dealkylation sites (N-methyl/N-ethyl adjacent to an activating group) is 1. The summed E-state index contributed by atoms with van der Waals surface area (Å²) in [6.45, 7) is 4.55. The minimum absolute atomic E-state index is 0.0590. The topological polar surface area (TPSA) is 152 Å². The predicted molar refractivity (Wildman–Crippen MR) is 141 cm³/mol. The van der Waals surface area contributed by atoms with Crippen LogP contribution in [-0.2, 0) is 30.1 Å². The maximum atomic E-state index is 13.7. The Morgan fingerprint density at radius 1 is 1.08 bits per heavy atom. The number of carbonyl (C=O) groups excluding carboxylic acids is 4. The molecule has 2 aromatic rings. The van der Waals surface area contributed by atoms with Gasteiger partial charge in [-0.05, 0) is 24.9 Å². The van der Waals surface area contributed by atoms with Crippen molar-refractivity contribution in [1.82, 2.24) is 30.8 Å². The Balaban J connectivity index is 1.56. The Morgan fingerprint density at radius 3 is 2.33 bits per heavy atom. The molecule has 2 amide bonds. The predicted octanol–water partition coefficient (Wildman–Crippen LogP) is -0.252. The van der Waals surface area contributed by atoms with Crippen molar-refractivity contribution in [2.24, 2.45) is 5.92 Å². The number of piperazine rings is 1. The lowest BCUT2D eigenvalue weighted by molar-refractivity contribution is -0.156. The van der Waals surface area contributed by atoms with Crippen LogP contribution >= 0.6 is 0 Å². The zero-order valence-corrected chi connectivity index (χ0v) is 22.2. The molecule has 2 aliphatic heterocycles. The first-order chi connectivity index (χ1) is 18.7. The first-order valence-electron chi connectivity index (χ1n) is 13.0. The van der Waals surface area contributed by atoms with Gasteiger partial charge < -0.3 is 25.3 Å². The number of amides is 2. The Kier molecular flexibility index (Phi) is 9.26. The number of benzene rings is 1. The number of nitrogens with zero attached hydrogens (tertiary/aromatic N) is 3. The molecule has 2 aliphatic rings. The van der Waals surface area contributed by atoms with Crippen LogP contribution in [0.5, 0.6) is 0 Å². The largest absolute Gasteiger partial charge is 0.622 e. The summed E-state index contributed by atoms with van der Waals surface area (Å²) in [7, 11) is 0.363. The van der Waals surface area contributed by atoms with Crippen LogP contribution in [0.4, 0.5) is 0 Å². The Labute approximate surface area is 227 Å². The number of aromatic nitrogens is 2. The van der Waals surface area contributed by atoms with Crippen molar-refractivity contribution < 1.29 is 28.5 Å². The second-order valence-electron chi connectivity index (χ2n) is 10.1. The number of hydrogen-bond donors (Lipinski definition) is 3. The highest BCUT2D eigenvalue weighted by atomic mass is 16.6. The van der Waals surface area contributed by atoms with E-state index in [0.29, 0.717) is 19.5 Å². The number of fused-ring (bicyclic) bond motifs is 2. The van der Waals surface area contributed by atoms with Crippen LogP contribution in [0, 0.1) is 5.92 Å². The molecule has 39 heavy (non-hydrogen) atoms. The summed E-state index contributed by atoms with van der Waals surface area (Å²) in [6, 6.07) is 6.92. The van der Waals surface area contributed by atoms with Crippen molar-refractivity contribution in [1.29, 1.82) is 0 Å². The molecule has 0 saturated carbocycles. The fourth-order valence-electron chi connectivity index (χ4n) is 4.67. The van der Waals surface area contributed by atoms with Crippen LogP contribution in [0.25, 0.3) is 0 Å². The molecule has 12 nitrogen and oxygen atoms in total. The summed E-state index contributed by atoms with van der Waals surface area (Å²) >= 11 is 0. The molecule has 4 atom stereocenters. The third-order valence-corrected chi connectivity index (χ3v) is 6.75. The highest BCUT2D eigenvalue weighted by molar-refractivity contribution is 6.51. The van der Waals surface area contributed by atoms with Crippen molar-refractivity contribution in [2.45, 2.75) is 50.8 Å².